The van der Waals surface area contributed by atoms with E-state index >= 15 is 0 Å². The lowest BCUT2D eigenvalue weighted by Gasteiger charge is -2.04. The van der Waals surface area contributed by atoms with E-state index in [0.717, 1.165) is 22.3 Å². The third kappa shape index (κ3) is 8.62. The number of nitrogens with zero attached hydrogens (tertiary/aromatic N) is 3. The monoisotopic (exact) mass is 537 g/mol. The topological polar surface area (TPSA) is 103 Å². The molecule has 6 nitrogen and oxygen atoms in total. The highest BCUT2D eigenvalue weighted by Gasteiger charge is 2.11. The molecule has 0 heterocycles. The van der Waals surface area contributed by atoms with Crippen LogP contribution >= 0.6 is 0 Å². The molecule has 200 valence electrons. The molecule has 0 aliphatic rings. The number of carboxylic acids is 1. The number of aliphatic carboxylic acids is 1. The van der Waals surface area contributed by atoms with E-state index in [1.54, 1.807) is 12.2 Å². The van der Waals surface area contributed by atoms with Crippen LogP contribution in [0.2, 0.25) is 0 Å². The van der Waals surface area contributed by atoms with Crippen molar-refractivity contribution in [2.75, 3.05) is 0 Å². The van der Waals surface area contributed by atoms with Gasteiger partial charge in [0.1, 0.15) is 11.6 Å². The number of hydrogen-bond donors (Lipinski definition) is 1. The van der Waals surface area contributed by atoms with E-state index in [2.05, 4.69) is 10.0 Å². The second-order valence-corrected chi connectivity index (χ2v) is 8.75. The van der Waals surface area contributed by atoms with Crippen LogP contribution in [0.15, 0.2) is 102 Å². The molecule has 0 radical (unpaired) electrons. The van der Waals surface area contributed by atoms with Crippen molar-refractivity contribution in [3.05, 3.63) is 153 Å². The van der Waals surface area contributed by atoms with Crippen molar-refractivity contribution in [1.82, 2.24) is 0 Å². The van der Waals surface area contributed by atoms with Crippen molar-refractivity contribution < 1.29 is 23.5 Å². The molecule has 0 aliphatic heterocycles. The summed E-state index contributed by atoms with van der Waals surface area (Å²) < 4.78 is 25.8. The molecule has 0 saturated carbocycles. The van der Waals surface area contributed by atoms with E-state index in [-0.39, 0.29) is 17.0 Å². The molecule has 40 heavy (non-hydrogen) atoms. The molecular weight excluding hydrogens is 512 g/mol. The van der Waals surface area contributed by atoms with Gasteiger partial charge in [0.15, 0.2) is 0 Å². The minimum Gasteiger partial charge on any atom is -0.478 e. The summed E-state index contributed by atoms with van der Waals surface area (Å²) in [5, 5.41) is 12.4. The van der Waals surface area contributed by atoms with E-state index in [4.69, 9.17) is 5.53 Å². The first kappa shape index (κ1) is 29.2. The van der Waals surface area contributed by atoms with Gasteiger partial charge in [-0.2, -0.15) is 0 Å². The standard InChI is InChI=1S/C16H12FN3O.C16H13FO2/c1-11-2-4-12(5-3-11)10-15(16(21)19-20-18)13-6-8-14(17)9-7-13;1-11-2-4-12(5-3-11)10-15(16(18)19)13-6-8-14(17)9-7-13/h2-10H,1H3;2-10H,1H3,(H,18,19)/b2*15-10-. The molecule has 4 aromatic carbocycles. The van der Waals surface area contributed by atoms with Crippen LogP contribution in [0.5, 0.6) is 0 Å². The maximum absolute atomic E-state index is 13.0. The molecule has 0 unspecified atom stereocenters. The third-order valence-corrected chi connectivity index (χ3v) is 5.68. The van der Waals surface area contributed by atoms with Gasteiger partial charge < -0.3 is 5.11 Å². The average molecular weight is 538 g/mol. The molecule has 4 rings (SSSR count). The Hall–Kier alpha value is -5.33. The predicted octanol–water partition coefficient (Wildman–Crippen LogP) is 8.27. The summed E-state index contributed by atoms with van der Waals surface area (Å²) in [5.41, 5.74) is 13.6. The van der Waals surface area contributed by atoms with Gasteiger partial charge in [-0.15, -0.1) is 0 Å². The maximum atomic E-state index is 13.0. The van der Waals surface area contributed by atoms with Gasteiger partial charge in [0, 0.05) is 10.5 Å². The number of aryl methyl sites for hydroxylation is 2. The van der Waals surface area contributed by atoms with Crippen molar-refractivity contribution in [3.63, 3.8) is 0 Å². The number of carbonyl (C=O) groups excluding carboxylic acids is 1. The van der Waals surface area contributed by atoms with Gasteiger partial charge in [-0.05, 0) is 83.2 Å². The zero-order valence-electron chi connectivity index (χ0n) is 21.8. The van der Waals surface area contributed by atoms with Crippen LogP contribution in [-0.2, 0) is 9.59 Å². The maximum Gasteiger partial charge on any atom is 0.336 e. The number of rotatable bonds is 6. The van der Waals surface area contributed by atoms with Gasteiger partial charge in [0.25, 0.3) is 0 Å². The van der Waals surface area contributed by atoms with Gasteiger partial charge in [-0.3, -0.25) is 4.79 Å². The van der Waals surface area contributed by atoms with Crippen LogP contribution in [-0.4, -0.2) is 17.0 Å². The molecule has 8 heteroatoms. The zero-order chi connectivity index (χ0) is 29.1. The average Bonchev–Trinajstić information content (AvgIpc) is 2.94. The fourth-order valence-electron chi connectivity index (χ4n) is 3.55. The van der Waals surface area contributed by atoms with Gasteiger partial charge in [-0.25, -0.2) is 13.6 Å². The lowest BCUT2D eigenvalue weighted by Crippen LogP contribution is -1.99. The summed E-state index contributed by atoms with van der Waals surface area (Å²) >= 11 is 0. The Morgan fingerprint density at radius 1 is 0.675 bits per heavy atom. The highest BCUT2D eigenvalue weighted by atomic mass is 19.1. The fraction of sp³-hybridized carbons (Fsp3) is 0.0625. The normalized spacial score (nSPS) is 11.1. The third-order valence-electron chi connectivity index (χ3n) is 5.68. The van der Waals surface area contributed by atoms with Crippen LogP contribution in [0.4, 0.5) is 8.78 Å². The highest BCUT2D eigenvalue weighted by molar-refractivity contribution is 6.24. The Bertz CT molecular complexity index is 1590. The van der Waals surface area contributed by atoms with E-state index in [9.17, 15) is 23.5 Å². The minimum atomic E-state index is -1.04. The highest BCUT2D eigenvalue weighted by Crippen LogP contribution is 2.21. The van der Waals surface area contributed by atoms with E-state index in [1.807, 2.05) is 62.4 Å². The van der Waals surface area contributed by atoms with Gasteiger partial charge in [0.2, 0.25) is 5.91 Å². The molecular formula is C32H25F2N3O3. The lowest BCUT2D eigenvalue weighted by molar-refractivity contribution is -0.130. The number of azide groups is 1. The zero-order valence-corrected chi connectivity index (χ0v) is 21.8. The van der Waals surface area contributed by atoms with Gasteiger partial charge in [-0.1, -0.05) is 83.9 Å². The van der Waals surface area contributed by atoms with Crippen LogP contribution in [0.25, 0.3) is 33.7 Å². The first-order valence-corrected chi connectivity index (χ1v) is 12.1. The first-order valence-electron chi connectivity index (χ1n) is 12.1. The number of halogens is 2. The van der Waals surface area contributed by atoms with Crippen LogP contribution in [0, 0.1) is 25.5 Å². The minimum absolute atomic E-state index is 0.142. The van der Waals surface area contributed by atoms with Crippen molar-refractivity contribution in [3.8, 4) is 0 Å². The second kappa shape index (κ2) is 14.0. The molecule has 0 bridgehead atoms. The van der Waals surface area contributed by atoms with Gasteiger partial charge >= 0.3 is 5.97 Å². The summed E-state index contributed by atoms with van der Waals surface area (Å²) in [6.45, 7) is 3.92. The molecule has 0 aromatic heterocycles. The summed E-state index contributed by atoms with van der Waals surface area (Å²) in [6.07, 6.45) is 3.19. The van der Waals surface area contributed by atoms with Crippen molar-refractivity contribution in [2.24, 2.45) is 5.11 Å². The number of carbonyl (C=O) groups is 2. The fourth-order valence-corrected chi connectivity index (χ4v) is 3.55. The Morgan fingerprint density at radius 3 is 1.43 bits per heavy atom. The van der Waals surface area contributed by atoms with E-state index < -0.39 is 17.7 Å². The van der Waals surface area contributed by atoms with Crippen molar-refractivity contribution >= 4 is 35.2 Å². The largest absolute Gasteiger partial charge is 0.478 e. The Balaban J connectivity index is 0.000000222. The Labute approximate surface area is 230 Å². The summed E-state index contributed by atoms with van der Waals surface area (Å²) in [7, 11) is 0. The first-order chi connectivity index (χ1) is 19.2. The number of hydrogen-bond acceptors (Lipinski definition) is 2. The smallest absolute Gasteiger partial charge is 0.336 e. The molecule has 0 atom stereocenters. The van der Waals surface area contributed by atoms with Gasteiger partial charge in [0.05, 0.1) is 5.57 Å². The Morgan fingerprint density at radius 2 is 1.05 bits per heavy atom. The Kier molecular flexibility index (Phi) is 10.2. The quantitative estimate of drug-likeness (QED) is 0.0880. The number of benzene rings is 4. The van der Waals surface area contributed by atoms with E-state index in [1.165, 1.54) is 48.5 Å². The predicted molar refractivity (Wildman–Crippen MR) is 153 cm³/mol. The molecule has 1 amide bonds. The SMILES string of the molecule is Cc1ccc(/C=C(\C(=O)N=[N+]=[N-])c2ccc(F)cc2)cc1.Cc1ccc(/C=C(\C(=O)O)c2ccc(F)cc2)cc1. The molecule has 0 saturated heterocycles. The molecule has 4 aromatic rings. The number of amides is 1. The summed E-state index contributed by atoms with van der Waals surface area (Å²) in [6, 6.07) is 25.9. The van der Waals surface area contributed by atoms with Crippen LogP contribution in [0.1, 0.15) is 33.4 Å². The van der Waals surface area contributed by atoms with Crippen molar-refractivity contribution in [1.29, 1.82) is 0 Å². The molecule has 1 N–H and O–H groups in total. The van der Waals surface area contributed by atoms with Crippen molar-refractivity contribution in [2.45, 2.75) is 13.8 Å². The second-order valence-electron chi connectivity index (χ2n) is 8.75. The molecule has 0 fully saturated rings. The van der Waals surface area contributed by atoms with Crippen LogP contribution < -0.4 is 0 Å². The van der Waals surface area contributed by atoms with Crippen LogP contribution in [0.3, 0.4) is 0 Å². The molecule has 0 spiro atoms. The van der Waals surface area contributed by atoms with E-state index in [0.29, 0.717) is 11.1 Å². The lowest BCUT2D eigenvalue weighted by atomic mass is 10.0. The number of carboxylic acid groups (broad SMARTS) is 1. The summed E-state index contributed by atoms with van der Waals surface area (Å²) in [5.74, 6) is -2.52. The molecule has 0 aliphatic carbocycles. The summed E-state index contributed by atoms with van der Waals surface area (Å²) in [4.78, 5) is 25.7.